The minimum absolute atomic E-state index is 0.684. The summed E-state index contributed by atoms with van der Waals surface area (Å²) in [5.74, 6) is 0. The Hall–Kier alpha value is -1.09. The van der Waals surface area contributed by atoms with Gasteiger partial charge >= 0.3 is 0 Å². The molecule has 14 heavy (non-hydrogen) atoms. The molecule has 1 aromatic rings. The SMILES string of the molecule is C=CCN(C)c1ccc(Br)cc1C=O. The van der Waals surface area contributed by atoms with Gasteiger partial charge in [0.15, 0.2) is 6.29 Å². The number of aldehydes is 1. The highest BCUT2D eigenvalue weighted by Crippen LogP contribution is 2.22. The molecule has 0 unspecified atom stereocenters. The van der Waals surface area contributed by atoms with Crippen LogP contribution in [0.3, 0.4) is 0 Å². The molecule has 0 aliphatic carbocycles. The topological polar surface area (TPSA) is 20.3 Å². The van der Waals surface area contributed by atoms with Crippen LogP contribution in [0, 0.1) is 0 Å². The summed E-state index contributed by atoms with van der Waals surface area (Å²) >= 11 is 3.33. The fourth-order valence-corrected chi connectivity index (χ4v) is 1.64. The molecule has 0 amide bonds. The van der Waals surface area contributed by atoms with Gasteiger partial charge in [-0.3, -0.25) is 4.79 Å². The lowest BCUT2D eigenvalue weighted by Crippen LogP contribution is -2.18. The van der Waals surface area contributed by atoms with E-state index in [1.807, 2.05) is 30.1 Å². The van der Waals surface area contributed by atoms with Crippen LogP contribution in [0.15, 0.2) is 35.3 Å². The molecule has 74 valence electrons. The normalized spacial score (nSPS) is 9.57. The number of benzene rings is 1. The quantitative estimate of drug-likeness (QED) is 0.608. The molecule has 1 rings (SSSR count). The number of rotatable bonds is 4. The van der Waals surface area contributed by atoms with Crippen molar-refractivity contribution in [2.45, 2.75) is 0 Å². The highest BCUT2D eigenvalue weighted by atomic mass is 79.9. The highest BCUT2D eigenvalue weighted by Gasteiger charge is 2.05. The molecule has 2 nitrogen and oxygen atoms in total. The van der Waals surface area contributed by atoms with Gasteiger partial charge < -0.3 is 4.90 Å². The van der Waals surface area contributed by atoms with E-state index in [0.717, 1.165) is 23.0 Å². The number of hydrogen-bond donors (Lipinski definition) is 0. The molecule has 0 radical (unpaired) electrons. The number of likely N-dealkylation sites (N-methyl/N-ethyl adjacent to an activating group) is 1. The van der Waals surface area contributed by atoms with Crippen molar-refractivity contribution >= 4 is 27.9 Å². The third kappa shape index (κ3) is 2.45. The lowest BCUT2D eigenvalue weighted by molar-refractivity contribution is 0.112. The minimum atomic E-state index is 0.684. The minimum Gasteiger partial charge on any atom is -0.370 e. The summed E-state index contributed by atoms with van der Waals surface area (Å²) in [6.45, 7) is 4.38. The fourth-order valence-electron chi connectivity index (χ4n) is 1.26. The van der Waals surface area contributed by atoms with Gasteiger partial charge in [-0.1, -0.05) is 22.0 Å². The molecule has 3 heteroatoms. The van der Waals surface area contributed by atoms with Crippen LogP contribution in [-0.2, 0) is 0 Å². The number of carbonyl (C=O) groups is 1. The van der Waals surface area contributed by atoms with Gasteiger partial charge in [0.05, 0.1) is 0 Å². The van der Waals surface area contributed by atoms with E-state index >= 15 is 0 Å². The lowest BCUT2D eigenvalue weighted by atomic mass is 10.2. The zero-order chi connectivity index (χ0) is 10.6. The monoisotopic (exact) mass is 253 g/mol. The standard InChI is InChI=1S/C11H12BrNO/c1-3-6-13(2)11-5-4-10(12)7-9(11)8-14/h3-5,7-8H,1,6H2,2H3. The van der Waals surface area contributed by atoms with Crippen molar-refractivity contribution in [3.8, 4) is 0 Å². The van der Waals surface area contributed by atoms with Crippen LogP contribution in [0.1, 0.15) is 10.4 Å². The van der Waals surface area contributed by atoms with Gasteiger partial charge in [0.1, 0.15) is 0 Å². The predicted octanol–water partition coefficient (Wildman–Crippen LogP) is 2.88. The van der Waals surface area contributed by atoms with Crippen LogP contribution in [0.2, 0.25) is 0 Å². The highest BCUT2D eigenvalue weighted by molar-refractivity contribution is 9.10. The van der Waals surface area contributed by atoms with Crippen molar-refractivity contribution in [3.63, 3.8) is 0 Å². The summed E-state index contributed by atoms with van der Waals surface area (Å²) in [6.07, 6.45) is 2.66. The Balaban J connectivity index is 3.06. The molecule has 0 bridgehead atoms. The number of carbonyl (C=O) groups excluding carboxylic acids is 1. The predicted molar refractivity (Wildman–Crippen MR) is 63.0 cm³/mol. The zero-order valence-electron chi connectivity index (χ0n) is 8.03. The second-order valence-corrected chi connectivity index (χ2v) is 3.91. The van der Waals surface area contributed by atoms with E-state index in [9.17, 15) is 4.79 Å². The van der Waals surface area contributed by atoms with Crippen molar-refractivity contribution in [2.75, 3.05) is 18.5 Å². The Morgan fingerprint density at radius 1 is 1.57 bits per heavy atom. The largest absolute Gasteiger partial charge is 0.370 e. The maximum absolute atomic E-state index is 10.8. The van der Waals surface area contributed by atoms with Crippen LogP contribution in [0.5, 0.6) is 0 Å². The van der Waals surface area contributed by atoms with E-state index in [1.165, 1.54) is 0 Å². The van der Waals surface area contributed by atoms with E-state index in [-0.39, 0.29) is 0 Å². The first kappa shape index (κ1) is 11.0. The maximum Gasteiger partial charge on any atom is 0.152 e. The summed E-state index contributed by atoms with van der Waals surface area (Å²) in [5.41, 5.74) is 1.60. The molecule has 0 saturated carbocycles. The van der Waals surface area contributed by atoms with Crippen molar-refractivity contribution in [1.82, 2.24) is 0 Å². The van der Waals surface area contributed by atoms with Crippen molar-refractivity contribution < 1.29 is 4.79 Å². The third-order valence-electron chi connectivity index (χ3n) is 1.93. The molecule has 0 aliphatic rings. The van der Waals surface area contributed by atoms with E-state index in [0.29, 0.717) is 5.56 Å². The molecule has 0 aliphatic heterocycles. The molecule has 0 aromatic heterocycles. The maximum atomic E-state index is 10.8. The Labute approximate surface area is 92.4 Å². The first-order valence-corrected chi connectivity index (χ1v) is 5.05. The number of hydrogen-bond acceptors (Lipinski definition) is 2. The van der Waals surface area contributed by atoms with Crippen LogP contribution in [0.4, 0.5) is 5.69 Å². The Morgan fingerprint density at radius 3 is 2.86 bits per heavy atom. The second-order valence-electron chi connectivity index (χ2n) is 2.99. The fraction of sp³-hybridized carbons (Fsp3) is 0.182. The molecular weight excluding hydrogens is 242 g/mol. The number of anilines is 1. The van der Waals surface area contributed by atoms with Crippen molar-refractivity contribution in [2.24, 2.45) is 0 Å². The molecule has 1 aromatic carbocycles. The summed E-state index contributed by atoms with van der Waals surface area (Å²) in [6, 6.07) is 5.64. The van der Waals surface area contributed by atoms with Gasteiger partial charge in [-0.25, -0.2) is 0 Å². The smallest absolute Gasteiger partial charge is 0.152 e. The molecule has 0 heterocycles. The van der Waals surface area contributed by atoms with Gasteiger partial charge in [0, 0.05) is 29.3 Å². The molecule has 0 fully saturated rings. The Kier molecular flexibility index (Phi) is 3.89. The Bertz CT molecular complexity index is 349. The molecule has 0 saturated heterocycles. The van der Waals surface area contributed by atoms with E-state index in [1.54, 1.807) is 6.08 Å². The Morgan fingerprint density at radius 2 is 2.29 bits per heavy atom. The van der Waals surface area contributed by atoms with Crippen molar-refractivity contribution in [1.29, 1.82) is 0 Å². The molecular formula is C11H12BrNO. The van der Waals surface area contributed by atoms with Gasteiger partial charge in [0.25, 0.3) is 0 Å². The number of nitrogens with zero attached hydrogens (tertiary/aromatic N) is 1. The summed E-state index contributed by atoms with van der Waals surface area (Å²) < 4.78 is 0.912. The zero-order valence-corrected chi connectivity index (χ0v) is 9.62. The first-order valence-electron chi connectivity index (χ1n) is 4.25. The summed E-state index contributed by atoms with van der Waals surface area (Å²) in [4.78, 5) is 12.8. The van der Waals surface area contributed by atoms with Crippen LogP contribution in [-0.4, -0.2) is 19.9 Å². The number of halogens is 1. The van der Waals surface area contributed by atoms with Crippen LogP contribution >= 0.6 is 15.9 Å². The summed E-state index contributed by atoms with van der Waals surface area (Å²) in [7, 11) is 1.93. The van der Waals surface area contributed by atoms with E-state index < -0.39 is 0 Å². The van der Waals surface area contributed by atoms with Gasteiger partial charge in [-0.05, 0) is 18.2 Å². The average Bonchev–Trinajstić information content (AvgIpc) is 2.17. The van der Waals surface area contributed by atoms with Gasteiger partial charge in [-0.15, -0.1) is 6.58 Å². The van der Waals surface area contributed by atoms with Gasteiger partial charge in [-0.2, -0.15) is 0 Å². The summed E-state index contributed by atoms with van der Waals surface area (Å²) in [5, 5.41) is 0. The van der Waals surface area contributed by atoms with E-state index in [4.69, 9.17) is 0 Å². The molecule has 0 atom stereocenters. The van der Waals surface area contributed by atoms with E-state index in [2.05, 4.69) is 22.5 Å². The molecule has 0 spiro atoms. The lowest BCUT2D eigenvalue weighted by Gasteiger charge is -2.18. The second kappa shape index (κ2) is 4.96. The van der Waals surface area contributed by atoms with Crippen LogP contribution in [0.25, 0.3) is 0 Å². The molecule has 0 N–H and O–H groups in total. The van der Waals surface area contributed by atoms with Gasteiger partial charge in [0.2, 0.25) is 0 Å². The van der Waals surface area contributed by atoms with Crippen LogP contribution < -0.4 is 4.90 Å². The first-order chi connectivity index (χ1) is 6.69. The third-order valence-corrected chi connectivity index (χ3v) is 2.42. The van der Waals surface area contributed by atoms with Crippen molar-refractivity contribution in [3.05, 3.63) is 40.9 Å². The average molecular weight is 254 g/mol.